The molecule has 2 heterocycles. The zero-order valence-electron chi connectivity index (χ0n) is 14.2. The van der Waals surface area contributed by atoms with Gasteiger partial charge < -0.3 is 5.32 Å². The first-order valence-corrected chi connectivity index (χ1v) is 10.1. The second-order valence-corrected chi connectivity index (χ2v) is 7.94. The Morgan fingerprint density at radius 3 is 2.73 bits per heavy atom. The van der Waals surface area contributed by atoms with Crippen LogP contribution in [0.25, 0.3) is 16.9 Å². The maximum Gasteiger partial charge on any atom is 0.251 e. The van der Waals surface area contributed by atoms with Crippen molar-refractivity contribution in [1.29, 1.82) is 0 Å². The molecule has 1 amide bonds. The van der Waals surface area contributed by atoms with Crippen molar-refractivity contribution in [1.82, 2.24) is 15.1 Å². The molecule has 0 spiro atoms. The highest BCUT2D eigenvalue weighted by molar-refractivity contribution is 7.85. The molecule has 0 saturated carbocycles. The maximum atomic E-state index is 12.5. The van der Waals surface area contributed by atoms with Crippen molar-refractivity contribution in [3.05, 3.63) is 72.4 Å². The maximum absolute atomic E-state index is 12.5. The van der Waals surface area contributed by atoms with Gasteiger partial charge in [0, 0.05) is 39.5 Å². The van der Waals surface area contributed by atoms with Gasteiger partial charge in [-0.1, -0.05) is 36.4 Å². The van der Waals surface area contributed by atoms with Gasteiger partial charge >= 0.3 is 0 Å². The summed E-state index contributed by atoms with van der Waals surface area (Å²) in [6.45, 7) is 0. The highest BCUT2D eigenvalue weighted by Crippen LogP contribution is 2.22. The summed E-state index contributed by atoms with van der Waals surface area (Å²) in [5.41, 5.74) is 3.44. The van der Waals surface area contributed by atoms with E-state index in [-0.39, 0.29) is 11.9 Å². The van der Waals surface area contributed by atoms with Gasteiger partial charge in [-0.2, -0.15) is 5.10 Å². The molecule has 6 heteroatoms. The highest BCUT2D eigenvalue weighted by atomic mass is 32.2. The monoisotopic (exact) mass is 365 g/mol. The van der Waals surface area contributed by atoms with E-state index in [9.17, 15) is 9.00 Å². The van der Waals surface area contributed by atoms with Crippen LogP contribution in [0.1, 0.15) is 16.8 Å². The van der Waals surface area contributed by atoms with Crippen molar-refractivity contribution in [3.63, 3.8) is 0 Å². The molecule has 1 fully saturated rings. The number of carbonyl (C=O) groups is 1. The first-order valence-electron chi connectivity index (χ1n) is 8.56. The molecule has 0 radical (unpaired) electrons. The molecule has 1 aliphatic rings. The Morgan fingerprint density at radius 2 is 1.96 bits per heavy atom. The van der Waals surface area contributed by atoms with Gasteiger partial charge in [0.15, 0.2) is 0 Å². The van der Waals surface area contributed by atoms with E-state index in [0.717, 1.165) is 23.4 Å². The molecular formula is C20H19N3O2S. The molecule has 2 unspecified atom stereocenters. The molecule has 1 saturated heterocycles. The van der Waals surface area contributed by atoms with Gasteiger partial charge in [0.25, 0.3) is 5.91 Å². The number of amides is 1. The third kappa shape index (κ3) is 3.46. The number of carbonyl (C=O) groups excluding carboxylic acids is 1. The minimum Gasteiger partial charge on any atom is -0.348 e. The first kappa shape index (κ1) is 16.7. The quantitative estimate of drug-likeness (QED) is 0.773. The molecule has 4 rings (SSSR count). The summed E-state index contributed by atoms with van der Waals surface area (Å²) in [7, 11) is -0.808. The molecule has 2 atom stereocenters. The van der Waals surface area contributed by atoms with Crippen molar-refractivity contribution in [3.8, 4) is 16.9 Å². The van der Waals surface area contributed by atoms with Gasteiger partial charge in [0.2, 0.25) is 0 Å². The van der Waals surface area contributed by atoms with Gasteiger partial charge in [0.05, 0.1) is 17.6 Å². The van der Waals surface area contributed by atoms with E-state index in [1.165, 1.54) is 0 Å². The number of nitrogens with one attached hydrogen (secondary N) is 1. The van der Waals surface area contributed by atoms with Crippen molar-refractivity contribution in [2.45, 2.75) is 12.5 Å². The van der Waals surface area contributed by atoms with E-state index in [2.05, 4.69) is 10.4 Å². The number of nitrogens with zero attached hydrogens (tertiary/aromatic N) is 2. The molecule has 0 aliphatic carbocycles. The van der Waals surface area contributed by atoms with Crippen LogP contribution in [0.2, 0.25) is 0 Å². The molecule has 3 aromatic rings. The average molecular weight is 365 g/mol. The number of rotatable bonds is 4. The summed E-state index contributed by atoms with van der Waals surface area (Å²) in [5.74, 6) is 1.07. The van der Waals surface area contributed by atoms with Gasteiger partial charge in [0.1, 0.15) is 0 Å². The van der Waals surface area contributed by atoms with E-state index in [1.54, 1.807) is 12.3 Å². The largest absolute Gasteiger partial charge is 0.348 e. The molecule has 2 aromatic carbocycles. The molecule has 1 N–H and O–H groups in total. The van der Waals surface area contributed by atoms with E-state index < -0.39 is 10.8 Å². The second-order valence-electron chi connectivity index (χ2n) is 6.31. The predicted octanol–water partition coefficient (Wildman–Crippen LogP) is 2.79. The second kappa shape index (κ2) is 7.25. The van der Waals surface area contributed by atoms with Crippen LogP contribution in [0.15, 0.2) is 66.9 Å². The van der Waals surface area contributed by atoms with E-state index in [1.807, 2.05) is 59.3 Å². The Morgan fingerprint density at radius 1 is 1.12 bits per heavy atom. The summed E-state index contributed by atoms with van der Waals surface area (Å²) in [5, 5.41) is 7.40. The number of benzene rings is 2. The fourth-order valence-electron chi connectivity index (χ4n) is 3.16. The van der Waals surface area contributed by atoms with Gasteiger partial charge in [-0.05, 0) is 30.7 Å². The fraction of sp³-hybridized carbons (Fsp3) is 0.200. The minimum atomic E-state index is -0.808. The predicted molar refractivity (Wildman–Crippen MR) is 103 cm³/mol. The van der Waals surface area contributed by atoms with Crippen LogP contribution in [0, 0.1) is 0 Å². The lowest BCUT2D eigenvalue weighted by molar-refractivity contribution is 0.0941. The highest BCUT2D eigenvalue weighted by Gasteiger charge is 2.23. The van der Waals surface area contributed by atoms with Crippen LogP contribution in [-0.4, -0.2) is 37.4 Å². The van der Waals surface area contributed by atoms with E-state index in [0.29, 0.717) is 17.1 Å². The smallest absolute Gasteiger partial charge is 0.251 e. The van der Waals surface area contributed by atoms with Crippen LogP contribution in [0.5, 0.6) is 0 Å². The van der Waals surface area contributed by atoms with Crippen LogP contribution >= 0.6 is 0 Å². The molecule has 1 aliphatic heterocycles. The topological polar surface area (TPSA) is 64.0 Å². The van der Waals surface area contributed by atoms with Gasteiger partial charge in [-0.25, -0.2) is 4.68 Å². The van der Waals surface area contributed by atoms with Gasteiger partial charge in [-0.3, -0.25) is 9.00 Å². The normalized spacial score (nSPS) is 19.4. The molecule has 26 heavy (non-hydrogen) atoms. The van der Waals surface area contributed by atoms with Crippen molar-refractivity contribution >= 4 is 16.7 Å². The van der Waals surface area contributed by atoms with Crippen molar-refractivity contribution in [2.24, 2.45) is 0 Å². The summed E-state index contributed by atoms with van der Waals surface area (Å²) in [6.07, 6.45) is 2.53. The van der Waals surface area contributed by atoms with Crippen LogP contribution in [-0.2, 0) is 10.8 Å². The number of aromatic nitrogens is 2. The van der Waals surface area contributed by atoms with Crippen LogP contribution in [0.4, 0.5) is 0 Å². The SMILES string of the molecule is O=C(NC1CCS(=O)C1)c1cccc(-n2nccc2-c2ccccc2)c1. The summed E-state index contributed by atoms with van der Waals surface area (Å²) in [4.78, 5) is 12.5. The number of hydrogen-bond acceptors (Lipinski definition) is 3. The van der Waals surface area contributed by atoms with E-state index in [4.69, 9.17) is 0 Å². The molecule has 1 aromatic heterocycles. The Bertz CT molecular complexity index is 952. The lowest BCUT2D eigenvalue weighted by Gasteiger charge is -2.12. The zero-order valence-corrected chi connectivity index (χ0v) is 15.0. The Kier molecular flexibility index (Phi) is 4.67. The molecule has 132 valence electrons. The minimum absolute atomic E-state index is 0.00317. The summed E-state index contributed by atoms with van der Waals surface area (Å²) >= 11 is 0. The Labute approximate surface area is 154 Å². The summed E-state index contributed by atoms with van der Waals surface area (Å²) in [6, 6.07) is 19.4. The lowest BCUT2D eigenvalue weighted by atomic mass is 10.1. The van der Waals surface area contributed by atoms with Gasteiger partial charge in [-0.15, -0.1) is 0 Å². The van der Waals surface area contributed by atoms with Crippen molar-refractivity contribution < 1.29 is 9.00 Å². The number of hydrogen-bond donors (Lipinski definition) is 1. The third-order valence-corrected chi connectivity index (χ3v) is 5.95. The molecular weight excluding hydrogens is 346 g/mol. The van der Waals surface area contributed by atoms with E-state index >= 15 is 0 Å². The Hall–Kier alpha value is -2.73. The Balaban J connectivity index is 1.60. The zero-order chi connectivity index (χ0) is 17.9. The molecule has 0 bridgehead atoms. The van der Waals surface area contributed by atoms with Crippen molar-refractivity contribution in [2.75, 3.05) is 11.5 Å². The standard InChI is InChI=1S/C20H19N3O2S/c24-20(22-17-10-12-26(25)14-17)16-7-4-8-18(13-16)23-19(9-11-21-23)15-5-2-1-3-6-15/h1-9,11,13,17H,10,12,14H2,(H,22,24). The van der Waals surface area contributed by atoms with Crippen LogP contribution in [0.3, 0.4) is 0 Å². The fourth-order valence-corrected chi connectivity index (χ4v) is 4.58. The van der Waals surface area contributed by atoms with Crippen LogP contribution < -0.4 is 5.32 Å². The molecule has 5 nitrogen and oxygen atoms in total. The third-order valence-electron chi connectivity index (χ3n) is 4.48. The first-order chi connectivity index (χ1) is 12.7. The summed E-state index contributed by atoms with van der Waals surface area (Å²) < 4.78 is 13.3. The lowest BCUT2D eigenvalue weighted by Crippen LogP contribution is -2.35. The average Bonchev–Trinajstić information content (AvgIpc) is 3.32.